The lowest BCUT2D eigenvalue weighted by atomic mass is 10.2. The van der Waals surface area contributed by atoms with Gasteiger partial charge in [0.05, 0.1) is 6.61 Å². The van der Waals surface area contributed by atoms with Gasteiger partial charge in [0.1, 0.15) is 5.75 Å². The van der Waals surface area contributed by atoms with Gasteiger partial charge in [0.15, 0.2) is 0 Å². The number of ether oxygens (including phenoxy) is 1. The molecule has 3 aromatic rings. The Balaban J connectivity index is 1.40. The third-order valence-corrected chi connectivity index (χ3v) is 4.48. The van der Waals surface area contributed by atoms with Gasteiger partial charge in [-0.3, -0.25) is 9.59 Å². The van der Waals surface area contributed by atoms with Crippen molar-refractivity contribution in [3.05, 3.63) is 66.4 Å². The highest BCUT2D eigenvalue weighted by Crippen LogP contribution is 2.15. The van der Waals surface area contributed by atoms with Crippen LogP contribution in [0.2, 0.25) is 0 Å². The predicted molar refractivity (Wildman–Crippen MR) is 107 cm³/mol. The molecule has 28 heavy (non-hydrogen) atoms. The van der Waals surface area contributed by atoms with E-state index in [1.807, 2.05) is 42.6 Å². The number of carboxylic acid groups (broad SMARTS) is 1. The van der Waals surface area contributed by atoms with E-state index in [-0.39, 0.29) is 12.3 Å². The van der Waals surface area contributed by atoms with Crippen LogP contribution in [0.15, 0.2) is 60.8 Å². The molecule has 0 spiro atoms. The van der Waals surface area contributed by atoms with Crippen LogP contribution in [0.3, 0.4) is 0 Å². The Bertz CT molecular complexity index is 931. The second kappa shape index (κ2) is 9.60. The summed E-state index contributed by atoms with van der Waals surface area (Å²) in [5.74, 6) is -0.119. The highest BCUT2D eigenvalue weighted by Gasteiger charge is 2.05. The molecule has 2 N–H and O–H groups in total. The summed E-state index contributed by atoms with van der Waals surface area (Å²) in [5.41, 5.74) is 2.12. The van der Waals surface area contributed by atoms with E-state index in [4.69, 9.17) is 9.84 Å². The Morgan fingerprint density at radius 3 is 2.57 bits per heavy atom. The number of carboxylic acids is 1. The normalized spacial score (nSPS) is 10.7. The van der Waals surface area contributed by atoms with Crippen molar-refractivity contribution >= 4 is 22.8 Å². The summed E-state index contributed by atoms with van der Waals surface area (Å²) < 4.78 is 7.59. The standard InChI is InChI=1S/C22H24N2O4/c25-21(12-14-24-13-11-18-4-1-2-5-20(18)24)23-16-17-7-9-19(10-8-17)28-15-3-6-22(26)27/h1-2,4-5,7-11,13H,3,6,12,14-16H2,(H,23,25)(H,26,27). The van der Waals surface area contributed by atoms with Crippen LogP contribution >= 0.6 is 0 Å². The van der Waals surface area contributed by atoms with Crippen LogP contribution in [0.25, 0.3) is 10.9 Å². The Kier molecular flexibility index (Phi) is 6.68. The Hall–Kier alpha value is -3.28. The Morgan fingerprint density at radius 1 is 1.00 bits per heavy atom. The third kappa shape index (κ3) is 5.61. The fourth-order valence-corrected chi connectivity index (χ4v) is 2.96. The molecule has 0 unspecified atom stereocenters. The number of nitrogens with zero attached hydrogens (tertiary/aromatic N) is 1. The molecular weight excluding hydrogens is 356 g/mol. The predicted octanol–water partition coefficient (Wildman–Crippen LogP) is 3.59. The first-order valence-electron chi connectivity index (χ1n) is 9.36. The van der Waals surface area contributed by atoms with E-state index in [1.54, 1.807) is 0 Å². The van der Waals surface area contributed by atoms with Gasteiger partial charge < -0.3 is 19.7 Å². The van der Waals surface area contributed by atoms with Gasteiger partial charge in [-0.2, -0.15) is 0 Å². The maximum atomic E-state index is 12.1. The van der Waals surface area contributed by atoms with Gasteiger partial charge in [0, 0.05) is 37.6 Å². The van der Waals surface area contributed by atoms with E-state index in [0.29, 0.717) is 38.3 Å². The monoisotopic (exact) mass is 380 g/mol. The molecule has 3 rings (SSSR count). The topological polar surface area (TPSA) is 80.6 Å². The molecule has 6 heteroatoms. The van der Waals surface area contributed by atoms with Gasteiger partial charge >= 0.3 is 5.97 Å². The Labute approximate surface area is 163 Å². The fraction of sp³-hybridized carbons (Fsp3) is 0.273. The zero-order valence-electron chi connectivity index (χ0n) is 15.6. The number of aryl methyl sites for hydroxylation is 1. The van der Waals surface area contributed by atoms with Crippen molar-refractivity contribution in [3.8, 4) is 5.75 Å². The fourth-order valence-electron chi connectivity index (χ4n) is 2.96. The van der Waals surface area contributed by atoms with E-state index in [2.05, 4.69) is 28.1 Å². The van der Waals surface area contributed by atoms with Crippen molar-refractivity contribution in [1.29, 1.82) is 0 Å². The second-order valence-electron chi connectivity index (χ2n) is 6.58. The van der Waals surface area contributed by atoms with Crippen LogP contribution in [0.1, 0.15) is 24.8 Å². The number of aromatic nitrogens is 1. The van der Waals surface area contributed by atoms with E-state index in [0.717, 1.165) is 11.1 Å². The SMILES string of the molecule is O=C(O)CCCOc1ccc(CNC(=O)CCn2ccc3ccccc32)cc1. The minimum atomic E-state index is -0.820. The van der Waals surface area contributed by atoms with Crippen LogP contribution in [-0.4, -0.2) is 28.2 Å². The largest absolute Gasteiger partial charge is 0.494 e. The molecule has 1 amide bonds. The minimum absolute atomic E-state index is 0.00628. The van der Waals surface area contributed by atoms with E-state index >= 15 is 0 Å². The smallest absolute Gasteiger partial charge is 0.303 e. The molecule has 1 heterocycles. The van der Waals surface area contributed by atoms with Crippen LogP contribution in [0.5, 0.6) is 5.75 Å². The molecule has 1 aromatic heterocycles. The summed E-state index contributed by atoms with van der Waals surface area (Å²) in [7, 11) is 0. The molecule has 0 saturated carbocycles. The minimum Gasteiger partial charge on any atom is -0.494 e. The van der Waals surface area contributed by atoms with Crippen LogP contribution in [-0.2, 0) is 22.7 Å². The number of para-hydroxylation sites is 1. The van der Waals surface area contributed by atoms with Gasteiger partial charge in [0.2, 0.25) is 5.91 Å². The first-order chi connectivity index (χ1) is 13.6. The second-order valence-corrected chi connectivity index (χ2v) is 6.58. The van der Waals surface area contributed by atoms with Crippen LogP contribution in [0.4, 0.5) is 0 Å². The van der Waals surface area contributed by atoms with Crippen molar-refractivity contribution in [2.24, 2.45) is 0 Å². The molecule has 0 fully saturated rings. The van der Waals surface area contributed by atoms with Crippen molar-refractivity contribution in [2.45, 2.75) is 32.4 Å². The van der Waals surface area contributed by atoms with Crippen molar-refractivity contribution < 1.29 is 19.4 Å². The van der Waals surface area contributed by atoms with Crippen molar-refractivity contribution in [2.75, 3.05) is 6.61 Å². The van der Waals surface area contributed by atoms with Crippen molar-refractivity contribution in [1.82, 2.24) is 9.88 Å². The molecule has 6 nitrogen and oxygen atoms in total. The quantitative estimate of drug-likeness (QED) is 0.527. The van der Waals surface area contributed by atoms with Crippen LogP contribution < -0.4 is 10.1 Å². The zero-order chi connectivity index (χ0) is 19.8. The summed E-state index contributed by atoms with van der Waals surface area (Å²) >= 11 is 0. The van der Waals surface area contributed by atoms with Gasteiger partial charge in [-0.1, -0.05) is 30.3 Å². The van der Waals surface area contributed by atoms with Gasteiger partial charge in [0.25, 0.3) is 0 Å². The van der Waals surface area contributed by atoms with Gasteiger partial charge in [-0.25, -0.2) is 0 Å². The Morgan fingerprint density at radius 2 is 1.79 bits per heavy atom. The summed E-state index contributed by atoms with van der Waals surface area (Å²) in [6.45, 7) is 1.48. The highest BCUT2D eigenvalue weighted by molar-refractivity contribution is 5.80. The van der Waals surface area contributed by atoms with E-state index in [1.165, 1.54) is 5.39 Å². The highest BCUT2D eigenvalue weighted by atomic mass is 16.5. The lowest BCUT2D eigenvalue weighted by Gasteiger charge is -2.09. The number of fused-ring (bicyclic) bond motifs is 1. The van der Waals surface area contributed by atoms with Gasteiger partial charge in [-0.05, 0) is 41.6 Å². The third-order valence-electron chi connectivity index (χ3n) is 4.48. The lowest BCUT2D eigenvalue weighted by molar-refractivity contribution is -0.137. The molecule has 146 valence electrons. The van der Waals surface area contributed by atoms with Crippen LogP contribution in [0, 0.1) is 0 Å². The number of amides is 1. The van der Waals surface area contributed by atoms with Gasteiger partial charge in [-0.15, -0.1) is 0 Å². The number of benzene rings is 2. The molecule has 0 saturated heterocycles. The molecule has 2 aromatic carbocycles. The number of aliphatic carboxylic acids is 1. The summed E-state index contributed by atoms with van der Waals surface area (Å²) in [5, 5.41) is 12.7. The molecule has 0 radical (unpaired) electrons. The molecule has 0 bridgehead atoms. The lowest BCUT2D eigenvalue weighted by Crippen LogP contribution is -2.23. The maximum Gasteiger partial charge on any atom is 0.303 e. The zero-order valence-corrected chi connectivity index (χ0v) is 15.6. The number of carbonyl (C=O) groups is 2. The van der Waals surface area contributed by atoms with E-state index in [9.17, 15) is 9.59 Å². The average Bonchev–Trinajstić information content (AvgIpc) is 3.12. The molecule has 0 aliphatic heterocycles. The number of hydrogen-bond acceptors (Lipinski definition) is 3. The van der Waals surface area contributed by atoms with E-state index < -0.39 is 5.97 Å². The average molecular weight is 380 g/mol. The first kappa shape index (κ1) is 19.5. The van der Waals surface area contributed by atoms with Crippen molar-refractivity contribution in [3.63, 3.8) is 0 Å². The molecular formula is C22H24N2O4. The molecule has 0 aliphatic carbocycles. The summed E-state index contributed by atoms with van der Waals surface area (Å²) in [4.78, 5) is 22.6. The maximum absolute atomic E-state index is 12.1. The summed E-state index contributed by atoms with van der Waals surface area (Å²) in [6, 6.07) is 17.6. The number of carbonyl (C=O) groups excluding carboxylic acids is 1. The molecule has 0 atom stereocenters. The summed E-state index contributed by atoms with van der Waals surface area (Å²) in [6.07, 6.45) is 3.00. The number of rotatable bonds is 10. The number of nitrogens with one attached hydrogen (secondary N) is 1. The molecule has 0 aliphatic rings. The number of hydrogen-bond donors (Lipinski definition) is 2. The first-order valence-corrected chi connectivity index (χ1v) is 9.36.